The number of rotatable bonds is 5. The van der Waals surface area contributed by atoms with Crippen LogP contribution in [0.4, 0.5) is 17.1 Å². The summed E-state index contributed by atoms with van der Waals surface area (Å²) in [5.41, 5.74) is 24.9. The maximum Gasteiger partial charge on any atom is 0.0720 e. The summed E-state index contributed by atoms with van der Waals surface area (Å²) in [7, 11) is 0. The van der Waals surface area contributed by atoms with E-state index in [0.29, 0.717) is 11.8 Å². The lowest BCUT2D eigenvalue weighted by Gasteiger charge is -2.61. The van der Waals surface area contributed by atoms with Crippen LogP contribution in [0, 0.1) is 23.7 Å². The van der Waals surface area contributed by atoms with Gasteiger partial charge in [-0.25, -0.2) is 0 Å². The largest absolute Gasteiger partial charge is 0.309 e. The second-order valence-corrected chi connectivity index (χ2v) is 22.0. The second-order valence-electron chi connectivity index (χ2n) is 22.0. The van der Waals surface area contributed by atoms with Crippen LogP contribution < -0.4 is 4.90 Å². The van der Waals surface area contributed by atoms with Crippen LogP contribution >= 0.6 is 0 Å². The number of nitrogens with zero attached hydrogens (tertiary/aromatic N) is 1. The van der Waals surface area contributed by atoms with Crippen molar-refractivity contribution in [2.75, 3.05) is 4.90 Å². The summed E-state index contributed by atoms with van der Waals surface area (Å²) >= 11 is 0. The van der Waals surface area contributed by atoms with Gasteiger partial charge in [-0.15, -0.1) is 0 Å². The lowest BCUT2D eigenvalue weighted by atomic mass is 9.43. The van der Waals surface area contributed by atoms with Gasteiger partial charge in [-0.05, 0) is 164 Å². The Balaban J connectivity index is 1.03. The molecule has 4 bridgehead atoms. The van der Waals surface area contributed by atoms with Gasteiger partial charge in [-0.1, -0.05) is 196 Å². The number of hydrogen-bond donors (Lipinski definition) is 0. The molecule has 0 radical (unpaired) electrons. The highest BCUT2D eigenvalue weighted by molar-refractivity contribution is 6.02. The summed E-state index contributed by atoms with van der Waals surface area (Å²) in [6, 6.07) is 81.7. The van der Waals surface area contributed by atoms with Crippen LogP contribution in [-0.2, 0) is 16.2 Å². The molecular formula is C68H55N. The molecule has 7 aliphatic rings. The SMILES string of the molecule is CC1(C)c2ccccc2C2(c3ccccc3-c3c(N(c4cccc(-c5ccccc5)c4)c4cccc5c4-c4ccccc4C54C5CC6CC(C5)CC4C6)cccc32)c2ccc(-c3ccccc3)cc21. The van der Waals surface area contributed by atoms with E-state index >= 15 is 0 Å². The molecule has 1 heteroatoms. The molecule has 0 aliphatic heterocycles. The van der Waals surface area contributed by atoms with Gasteiger partial charge < -0.3 is 4.90 Å². The molecule has 69 heavy (non-hydrogen) atoms. The Morgan fingerprint density at radius 2 is 0.826 bits per heavy atom. The van der Waals surface area contributed by atoms with Gasteiger partial charge in [0.25, 0.3) is 0 Å². The predicted molar refractivity (Wildman–Crippen MR) is 285 cm³/mol. The van der Waals surface area contributed by atoms with Crippen LogP contribution in [0.1, 0.15) is 90.5 Å². The lowest BCUT2D eigenvalue weighted by molar-refractivity contribution is -0.0399. The van der Waals surface area contributed by atoms with Crippen LogP contribution in [-0.4, -0.2) is 0 Å². The number of benzene rings is 9. The summed E-state index contributed by atoms with van der Waals surface area (Å²) in [5.74, 6) is 3.15. The normalized spacial score (nSPS) is 24.3. The minimum Gasteiger partial charge on any atom is -0.309 e. The lowest BCUT2D eigenvalue weighted by Crippen LogP contribution is -2.55. The van der Waals surface area contributed by atoms with Gasteiger partial charge in [0.15, 0.2) is 0 Å². The third-order valence-corrected chi connectivity index (χ3v) is 18.5. The average molecular weight is 886 g/mol. The average Bonchev–Trinajstić information content (AvgIpc) is 3.87. The van der Waals surface area contributed by atoms with E-state index in [2.05, 4.69) is 231 Å². The first-order chi connectivity index (χ1) is 34.0. The maximum absolute atomic E-state index is 2.68. The third kappa shape index (κ3) is 5.21. The van der Waals surface area contributed by atoms with Crippen molar-refractivity contribution in [3.05, 3.63) is 257 Å². The predicted octanol–water partition coefficient (Wildman–Crippen LogP) is 17.2. The van der Waals surface area contributed by atoms with E-state index in [9.17, 15) is 0 Å². The molecule has 1 atom stereocenters. The van der Waals surface area contributed by atoms with Gasteiger partial charge in [0.1, 0.15) is 0 Å². The molecule has 1 unspecified atom stereocenters. The fourth-order valence-corrected chi connectivity index (χ4v) is 16.2. The van der Waals surface area contributed by atoms with E-state index in [1.807, 2.05) is 0 Å². The van der Waals surface area contributed by atoms with Gasteiger partial charge in [-0.2, -0.15) is 0 Å². The molecule has 4 fully saturated rings. The van der Waals surface area contributed by atoms with Crippen molar-refractivity contribution in [3.63, 3.8) is 0 Å². The van der Waals surface area contributed by atoms with Crippen molar-refractivity contribution < 1.29 is 0 Å². The molecular weight excluding hydrogens is 831 g/mol. The van der Waals surface area contributed by atoms with Crippen LogP contribution in [0.25, 0.3) is 44.5 Å². The Labute approximate surface area is 407 Å². The zero-order chi connectivity index (χ0) is 45.6. The van der Waals surface area contributed by atoms with E-state index in [1.54, 1.807) is 11.1 Å². The van der Waals surface area contributed by atoms with Gasteiger partial charge in [0.05, 0.1) is 16.8 Å². The molecule has 0 heterocycles. The molecule has 7 aliphatic carbocycles. The minimum absolute atomic E-state index is 0.0587. The van der Waals surface area contributed by atoms with Crippen molar-refractivity contribution in [2.45, 2.75) is 62.2 Å². The van der Waals surface area contributed by atoms with E-state index < -0.39 is 5.41 Å². The fraction of sp³-hybridized carbons (Fsp3) is 0.206. The van der Waals surface area contributed by atoms with Crippen LogP contribution in [0.2, 0.25) is 0 Å². The standard InChI is InChI=1S/C68H55N/c1-66(2)56-28-13-14-29-57(56)68(58-35-34-48(42-61(58)66)46-20-7-4-8-21-46)55-27-12-10-25-53(55)65-60(68)31-17-33-63(65)69(51-23-15-22-47(41-51)45-18-5-3-6-19-45)62-32-16-30-59-64(62)52-24-9-11-26-54(52)67(59)49-37-43-36-44(39-49)40-50(67)38-43/h3-35,41-44,49-50H,36-40H2,1-2H3. The minimum atomic E-state index is -0.536. The van der Waals surface area contributed by atoms with Crippen LogP contribution in [0.15, 0.2) is 212 Å². The first-order valence-corrected chi connectivity index (χ1v) is 25.7. The molecule has 0 N–H and O–H groups in total. The molecule has 0 aromatic heterocycles. The topological polar surface area (TPSA) is 3.24 Å². The first-order valence-electron chi connectivity index (χ1n) is 25.7. The zero-order valence-electron chi connectivity index (χ0n) is 39.5. The highest BCUT2D eigenvalue weighted by Gasteiger charge is 2.62. The smallest absolute Gasteiger partial charge is 0.0720 e. The van der Waals surface area contributed by atoms with Gasteiger partial charge in [0.2, 0.25) is 0 Å². The fourth-order valence-electron chi connectivity index (χ4n) is 16.2. The first kappa shape index (κ1) is 39.7. The van der Waals surface area contributed by atoms with E-state index in [1.165, 1.54) is 127 Å². The summed E-state index contributed by atoms with van der Waals surface area (Å²) in [6.07, 6.45) is 6.92. The molecule has 9 aromatic rings. The summed E-state index contributed by atoms with van der Waals surface area (Å²) in [5, 5.41) is 0. The zero-order valence-corrected chi connectivity index (χ0v) is 39.5. The molecule has 0 saturated heterocycles. The Morgan fingerprint density at radius 1 is 0.348 bits per heavy atom. The molecule has 16 rings (SSSR count). The summed E-state index contributed by atoms with van der Waals surface area (Å²) in [6.45, 7) is 4.88. The molecule has 332 valence electrons. The number of hydrogen-bond acceptors (Lipinski definition) is 1. The monoisotopic (exact) mass is 885 g/mol. The number of anilines is 3. The Kier molecular flexibility index (Phi) is 8.30. The second kappa shape index (κ2) is 14.4. The van der Waals surface area contributed by atoms with E-state index in [-0.39, 0.29) is 10.8 Å². The van der Waals surface area contributed by atoms with Crippen molar-refractivity contribution in [1.82, 2.24) is 0 Å². The number of fused-ring (bicyclic) bond motifs is 12. The van der Waals surface area contributed by atoms with Gasteiger partial charge in [-0.3, -0.25) is 0 Å². The van der Waals surface area contributed by atoms with E-state index in [4.69, 9.17) is 0 Å². The van der Waals surface area contributed by atoms with Gasteiger partial charge >= 0.3 is 0 Å². The summed E-state index contributed by atoms with van der Waals surface area (Å²) < 4.78 is 0. The summed E-state index contributed by atoms with van der Waals surface area (Å²) in [4.78, 5) is 2.68. The van der Waals surface area contributed by atoms with Crippen molar-refractivity contribution in [1.29, 1.82) is 0 Å². The third-order valence-electron chi connectivity index (χ3n) is 18.5. The van der Waals surface area contributed by atoms with Gasteiger partial charge in [0, 0.05) is 27.6 Å². The van der Waals surface area contributed by atoms with Crippen molar-refractivity contribution in [3.8, 4) is 44.5 Å². The Hall–Kier alpha value is -7.22. The van der Waals surface area contributed by atoms with E-state index in [0.717, 1.165) is 11.8 Å². The molecule has 9 aromatic carbocycles. The molecule has 0 amide bonds. The van der Waals surface area contributed by atoms with Crippen LogP contribution in [0.5, 0.6) is 0 Å². The highest BCUT2D eigenvalue weighted by Crippen LogP contribution is 2.71. The molecule has 2 spiro atoms. The van der Waals surface area contributed by atoms with Crippen molar-refractivity contribution in [2.24, 2.45) is 23.7 Å². The maximum atomic E-state index is 2.68. The molecule has 4 saturated carbocycles. The Bertz CT molecular complexity index is 3530. The van der Waals surface area contributed by atoms with Crippen molar-refractivity contribution >= 4 is 17.1 Å². The van der Waals surface area contributed by atoms with Crippen LogP contribution in [0.3, 0.4) is 0 Å². The highest BCUT2D eigenvalue weighted by atomic mass is 15.1. The molecule has 1 nitrogen and oxygen atoms in total. The quantitative estimate of drug-likeness (QED) is 0.166. The Morgan fingerprint density at radius 3 is 1.49 bits per heavy atom.